The number of benzene rings is 2. The summed E-state index contributed by atoms with van der Waals surface area (Å²) in [7, 11) is 0. The second kappa shape index (κ2) is 5.14. The van der Waals surface area contributed by atoms with E-state index in [0.29, 0.717) is 5.56 Å². The van der Waals surface area contributed by atoms with E-state index < -0.39 is 12.7 Å². The van der Waals surface area contributed by atoms with Crippen LogP contribution in [0.1, 0.15) is 11.6 Å². The van der Waals surface area contributed by atoms with Gasteiger partial charge in [0, 0.05) is 5.56 Å². The predicted molar refractivity (Wildman–Crippen MR) is 65.8 cm³/mol. The van der Waals surface area contributed by atoms with E-state index in [2.05, 4.69) is 0 Å². The summed E-state index contributed by atoms with van der Waals surface area (Å²) in [6.07, 6.45) is 0. The Kier molecular flexibility index (Phi) is 4.10. The number of phenolic OH excluding ortho intramolecular Hbond substituents is 1. The molecule has 0 bridgehead atoms. The lowest BCUT2D eigenvalue weighted by Gasteiger charge is -2.13. The first-order valence-corrected chi connectivity index (χ1v) is 4.76. The first kappa shape index (κ1) is 12.7. The zero-order chi connectivity index (χ0) is 10.8. The number of fused-ring (bicyclic) bond motifs is 1. The molecular weight excluding hydrogens is 229 g/mol. The molecule has 4 heteroatoms. The number of alkyl halides is 1. The monoisotopic (exact) mass is 241 g/mol. The van der Waals surface area contributed by atoms with Crippen molar-refractivity contribution in [3.63, 3.8) is 0 Å². The predicted octanol–water partition coefficient (Wildman–Crippen LogP) is 2.94. The van der Waals surface area contributed by atoms with Gasteiger partial charge in [0.25, 0.3) is 0 Å². The maximum absolute atomic E-state index is 12.5. The summed E-state index contributed by atoms with van der Waals surface area (Å²) in [6.45, 7) is -0.679. The van der Waals surface area contributed by atoms with Crippen molar-refractivity contribution >= 4 is 23.2 Å². The van der Waals surface area contributed by atoms with Crippen molar-refractivity contribution in [2.75, 3.05) is 6.67 Å². The Labute approximate surface area is 99.3 Å². The third-order valence-electron chi connectivity index (χ3n) is 2.48. The maximum Gasteiger partial charge on any atom is 0.121 e. The molecule has 0 spiro atoms. The largest absolute Gasteiger partial charge is 0.508 e. The van der Waals surface area contributed by atoms with Gasteiger partial charge in [-0.3, -0.25) is 0 Å². The van der Waals surface area contributed by atoms with Gasteiger partial charge in [-0.15, -0.1) is 12.4 Å². The number of hydrogen-bond acceptors (Lipinski definition) is 2. The lowest BCUT2D eigenvalue weighted by Crippen LogP contribution is -2.12. The van der Waals surface area contributed by atoms with Crippen LogP contribution in [0.3, 0.4) is 0 Å². The molecule has 2 nitrogen and oxygen atoms in total. The van der Waals surface area contributed by atoms with Gasteiger partial charge in [0.05, 0.1) is 6.04 Å². The SMILES string of the molecule is Cl.N[C@@H](CF)c1c(O)ccc2ccccc12. The number of halogens is 2. The minimum Gasteiger partial charge on any atom is -0.508 e. The van der Waals surface area contributed by atoms with E-state index in [1.165, 1.54) is 0 Å². The van der Waals surface area contributed by atoms with Gasteiger partial charge in [-0.25, -0.2) is 4.39 Å². The van der Waals surface area contributed by atoms with Crippen LogP contribution in [-0.2, 0) is 0 Å². The average Bonchev–Trinajstić information content (AvgIpc) is 2.28. The van der Waals surface area contributed by atoms with E-state index in [9.17, 15) is 9.50 Å². The van der Waals surface area contributed by atoms with Gasteiger partial charge in [-0.1, -0.05) is 30.3 Å². The molecular formula is C12H13ClFNO. The van der Waals surface area contributed by atoms with Gasteiger partial charge < -0.3 is 10.8 Å². The Morgan fingerprint density at radius 3 is 2.56 bits per heavy atom. The zero-order valence-electron chi connectivity index (χ0n) is 8.56. The number of rotatable bonds is 2. The maximum atomic E-state index is 12.5. The van der Waals surface area contributed by atoms with E-state index in [4.69, 9.17) is 5.73 Å². The smallest absolute Gasteiger partial charge is 0.121 e. The van der Waals surface area contributed by atoms with Crippen molar-refractivity contribution in [3.05, 3.63) is 42.0 Å². The van der Waals surface area contributed by atoms with Crippen LogP contribution in [0.25, 0.3) is 10.8 Å². The van der Waals surface area contributed by atoms with Crippen molar-refractivity contribution in [2.45, 2.75) is 6.04 Å². The summed E-state index contributed by atoms with van der Waals surface area (Å²) in [5, 5.41) is 11.4. The third kappa shape index (κ3) is 2.10. The summed E-state index contributed by atoms with van der Waals surface area (Å²) in [6, 6.07) is 10.0. The van der Waals surface area contributed by atoms with Gasteiger partial charge in [0.2, 0.25) is 0 Å². The third-order valence-corrected chi connectivity index (χ3v) is 2.48. The summed E-state index contributed by atoms with van der Waals surface area (Å²) in [5.74, 6) is 0.0545. The lowest BCUT2D eigenvalue weighted by molar-refractivity contribution is 0.416. The highest BCUT2D eigenvalue weighted by Gasteiger charge is 2.13. The normalized spacial score (nSPS) is 12.1. The summed E-state index contributed by atoms with van der Waals surface area (Å²) in [4.78, 5) is 0. The highest BCUT2D eigenvalue weighted by atomic mass is 35.5. The molecule has 1 atom stereocenters. The van der Waals surface area contributed by atoms with Crippen LogP contribution >= 0.6 is 12.4 Å². The molecule has 0 radical (unpaired) electrons. The van der Waals surface area contributed by atoms with E-state index >= 15 is 0 Å². The Morgan fingerprint density at radius 1 is 1.19 bits per heavy atom. The van der Waals surface area contributed by atoms with Crippen LogP contribution in [0, 0.1) is 0 Å². The van der Waals surface area contributed by atoms with E-state index in [1.807, 2.05) is 24.3 Å². The average molecular weight is 242 g/mol. The number of hydrogen-bond donors (Lipinski definition) is 2. The highest BCUT2D eigenvalue weighted by Crippen LogP contribution is 2.31. The zero-order valence-corrected chi connectivity index (χ0v) is 9.38. The quantitative estimate of drug-likeness (QED) is 0.849. The lowest BCUT2D eigenvalue weighted by atomic mass is 9.99. The van der Waals surface area contributed by atoms with E-state index in [-0.39, 0.29) is 18.2 Å². The number of aromatic hydroxyl groups is 1. The Bertz CT molecular complexity index is 489. The van der Waals surface area contributed by atoms with Crippen LogP contribution in [0.4, 0.5) is 4.39 Å². The van der Waals surface area contributed by atoms with Gasteiger partial charge >= 0.3 is 0 Å². The fraction of sp³-hybridized carbons (Fsp3) is 0.167. The van der Waals surface area contributed by atoms with Gasteiger partial charge in [0.1, 0.15) is 12.4 Å². The molecule has 0 saturated carbocycles. The molecule has 16 heavy (non-hydrogen) atoms. The van der Waals surface area contributed by atoms with Crippen LogP contribution in [0.2, 0.25) is 0 Å². The molecule has 0 amide bonds. The van der Waals surface area contributed by atoms with Gasteiger partial charge in [-0.05, 0) is 16.8 Å². The molecule has 0 aromatic heterocycles. The minimum atomic E-state index is -0.768. The van der Waals surface area contributed by atoms with Crippen LogP contribution < -0.4 is 5.73 Å². The van der Waals surface area contributed by atoms with Crippen molar-refractivity contribution in [3.8, 4) is 5.75 Å². The van der Waals surface area contributed by atoms with Crippen molar-refractivity contribution in [2.24, 2.45) is 5.73 Å². The van der Waals surface area contributed by atoms with Crippen molar-refractivity contribution < 1.29 is 9.50 Å². The molecule has 2 aromatic carbocycles. The molecule has 2 rings (SSSR count). The van der Waals surface area contributed by atoms with E-state index in [1.54, 1.807) is 12.1 Å². The topological polar surface area (TPSA) is 46.2 Å². The highest BCUT2D eigenvalue weighted by molar-refractivity contribution is 5.88. The van der Waals surface area contributed by atoms with Gasteiger partial charge in [0.15, 0.2) is 0 Å². The summed E-state index contributed by atoms with van der Waals surface area (Å²) in [5.41, 5.74) is 6.11. The Hall–Kier alpha value is -1.32. The van der Waals surface area contributed by atoms with E-state index in [0.717, 1.165) is 10.8 Å². The van der Waals surface area contributed by atoms with Crippen LogP contribution in [-0.4, -0.2) is 11.8 Å². The van der Waals surface area contributed by atoms with Crippen LogP contribution in [0.5, 0.6) is 5.75 Å². The fourth-order valence-electron chi connectivity index (χ4n) is 1.75. The molecule has 0 heterocycles. The molecule has 86 valence electrons. The second-order valence-corrected chi connectivity index (χ2v) is 3.48. The molecule has 0 fully saturated rings. The van der Waals surface area contributed by atoms with Gasteiger partial charge in [-0.2, -0.15) is 0 Å². The van der Waals surface area contributed by atoms with Crippen molar-refractivity contribution in [1.29, 1.82) is 0 Å². The molecule has 0 saturated heterocycles. The second-order valence-electron chi connectivity index (χ2n) is 3.48. The Balaban J connectivity index is 0.00000128. The molecule has 0 aliphatic rings. The standard InChI is InChI=1S/C12H12FNO.ClH/c13-7-10(14)12-9-4-2-1-3-8(9)5-6-11(12)15;/h1-6,10,15H,7,14H2;1H/t10-;/m0./s1. The molecule has 0 unspecified atom stereocenters. The number of nitrogens with two attached hydrogens (primary N) is 1. The first-order valence-electron chi connectivity index (χ1n) is 4.76. The minimum absolute atomic E-state index is 0. The summed E-state index contributed by atoms with van der Waals surface area (Å²) < 4.78 is 12.5. The molecule has 3 N–H and O–H groups in total. The fourth-order valence-corrected chi connectivity index (χ4v) is 1.75. The van der Waals surface area contributed by atoms with Crippen LogP contribution in [0.15, 0.2) is 36.4 Å². The first-order chi connectivity index (χ1) is 7.24. The summed E-state index contributed by atoms with van der Waals surface area (Å²) >= 11 is 0. The number of phenols is 1. The van der Waals surface area contributed by atoms with Crippen molar-refractivity contribution in [1.82, 2.24) is 0 Å². The molecule has 0 aliphatic carbocycles. The molecule has 0 aliphatic heterocycles. The Morgan fingerprint density at radius 2 is 1.88 bits per heavy atom. The molecule has 2 aromatic rings.